The largest absolute Gasteiger partial charge is 0.497 e. The zero-order chi connectivity index (χ0) is 21.7. The number of amides is 2. The molecule has 1 aliphatic rings. The van der Waals surface area contributed by atoms with Crippen molar-refractivity contribution in [2.45, 2.75) is 13.3 Å². The van der Waals surface area contributed by atoms with Crippen LogP contribution in [0.3, 0.4) is 0 Å². The molecule has 0 atom stereocenters. The fraction of sp³-hybridized carbons (Fsp3) is 0.208. The van der Waals surface area contributed by atoms with Gasteiger partial charge in [0.1, 0.15) is 23.1 Å². The second-order valence-corrected chi connectivity index (χ2v) is 6.78. The smallest absolute Gasteiger partial charge is 0.271 e. The Labute approximate surface area is 175 Å². The summed E-state index contributed by atoms with van der Waals surface area (Å²) >= 11 is 0. The van der Waals surface area contributed by atoms with E-state index in [1.165, 1.54) is 7.11 Å². The number of ether oxygens (including phenoxy) is 2. The Kier molecular flexibility index (Phi) is 6.33. The van der Waals surface area contributed by atoms with Crippen LogP contribution in [0, 0.1) is 11.3 Å². The zero-order valence-electron chi connectivity index (χ0n) is 17.1. The number of hydrogen-bond acceptors (Lipinski definition) is 5. The summed E-state index contributed by atoms with van der Waals surface area (Å²) in [6, 6.07) is 16.8. The van der Waals surface area contributed by atoms with Crippen molar-refractivity contribution in [3.05, 3.63) is 76.4 Å². The first-order chi connectivity index (χ1) is 14.5. The van der Waals surface area contributed by atoms with Gasteiger partial charge in [-0.3, -0.25) is 14.5 Å². The molecule has 6 heteroatoms. The Bertz CT molecular complexity index is 1080. The van der Waals surface area contributed by atoms with Gasteiger partial charge >= 0.3 is 0 Å². The maximum absolute atomic E-state index is 13.2. The Morgan fingerprint density at radius 2 is 1.77 bits per heavy atom. The fourth-order valence-corrected chi connectivity index (χ4v) is 3.31. The molecule has 1 aliphatic heterocycles. The highest BCUT2D eigenvalue weighted by atomic mass is 16.5. The summed E-state index contributed by atoms with van der Waals surface area (Å²) in [5, 5.41) is 9.54. The summed E-state index contributed by atoms with van der Waals surface area (Å²) in [4.78, 5) is 27.1. The molecule has 0 unspecified atom stereocenters. The van der Waals surface area contributed by atoms with E-state index in [4.69, 9.17) is 9.47 Å². The maximum atomic E-state index is 13.2. The highest BCUT2D eigenvalue weighted by Gasteiger charge is 2.35. The molecule has 1 heterocycles. The monoisotopic (exact) mass is 402 g/mol. The van der Waals surface area contributed by atoms with Gasteiger partial charge in [0.2, 0.25) is 0 Å². The van der Waals surface area contributed by atoms with E-state index in [1.807, 2.05) is 36.4 Å². The average Bonchev–Trinajstić information content (AvgIpc) is 2.77. The summed E-state index contributed by atoms with van der Waals surface area (Å²) < 4.78 is 10.6. The van der Waals surface area contributed by atoms with Crippen molar-refractivity contribution in [2.24, 2.45) is 0 Å². The Morgan fingerprint density at radius 3 is 2.40 bits per heavy atom. The number of benzene rings is 2. The molecule has 0 saturated heterocycles. The predicted molar refractivity (Wildman–Crippen MR) is 113 cm³/mol. The van der Waals surface area contributed by atoms with Crippen LogP contribution in [0.5, 0.6) is 11.5 Å². The molecule has 2 aromatic carbocycles. The van der Waals surface area contributed by atoms with Crippen molar-refractivity contribution < 1.29 is 19.1 Å². The minimum Gasteiger partial charge on any atom is -0.497 e. The molecule has 0 aliphatic carbocycles. The van der Waals surface area contributed by atoms with Crippen molar-refractivity contribution in [1.82, 2.24) is 4.90 Å². The minimum atomic E-state index is -0.560. The van der Waals surface area contributed by atoms with E-state index in [1.54, 1.807) is 38.3 Å². The molecule has 6 nitrogen and oxygen atoms in total. The van der Waals surface area contributed by atoms with Crippen molar-refractivity contribution in [3.63, 3.8) is 0 Å². The van der Waals surface area contributed by atoms with E-state index >= 15 is 0 Å². The number of nitriles is 1. The van der Waals surface area contributed by atoms with Crippen molar-refractivity contribution >= 4 is 17.9 Å². The standard InChI is InChI=1S/C24H22N2O4/c1-16-20(13-18-9-10-19(29-2)14-22(18)30-3)23(27)26(24(28)21(16)15-25)12-11-17-7-5-4-6-8-17/h4-10,13-14H,11-12H2,1-3H3/b20-13+. The molecule has 0 spiro atoms. The lowest BCUT2D eigenvalue weighted by Crippen LogP contribution is -2.43. The maximum Gasteiger partial charge on any atom is 0.271 e. The van der Waals surface area contributed by atoms with Gasteiger partial charge in [0.25, 0.3) is 11.8 Å². The molecule has 0 radical (unpaired) electrons. The summed E-state index contributed by atoms with van der Waals surface area (Å²) in [5.74, 6) is 0.155. The SMILES string of the molecule is COc1ccc(/C=C2/C(=O)N(CCc3ccccc3)C(=O)C(C#N)=C2C)c(OC)c1. The van der Waals surface area contributed by atoms with Gasteiger partial charge in [-0.2, -0.15) is 5.26 Å². The topological polar surface area (TPSA) is 79.6 Å². The van der Waals surface area contributed by atoms with Gasteiger partial charge in [0.15, 0.2) is 0 Å². The molecule has 152 valence electrons. The highest BCUT2D eigenvalue weighted by molar-refractivity contribution is 6.19. The molecular weight excluding hydrogens is 380 g/mol. The van der Waals surface area contributed by atoms with Gasteiger partial charge < -0.3 is 9.47 Å². The van der Waals surface area contributed by atoms with Crippen LogP contribution in [-0.4, -0.2) is 37.5 Å². The van der Waals surface area contributed by atoms with Crippen LogP contribution < -0.4 is 9.47 Å². The van der Waals surface area contributed by atoms with E-state index in [-0.39, 0.29) is 12.1 Å². The average molecular weight is 402 g/mol. The molecule has 2 aromatic rings. The van der Waals surface area contributed by atoms with Crippen molar-refractivity contribution in [1.29, 1.82) is 5.26 Å². The van der Waals surface area contributed by atoms with E-state index in [9.17, 15) is 14.9 Å². The third kappa shape index (κ3) is 4.11. The number of methoxy groups -OCH3 is 2. The normalized spacial score (nSPS) is 15.4. The third-order valence-electron chi connectivity index (χ3n) is 5.03. The molecule has 0 N–H and O–H groups in total. The van der Waals surface area contributed by atoms with Crippen LogP contribution in [-0.2, 0) is 16.0 Å². The van der Waals surface area contributed by atoms with E-state index in [2.05, 4.69) is 0 Å². The molecule has 0 bridgehead atoms. The second-order valence-electron chi connectivity index (χ2n) is 6.78. The third-order valence-corrected chi connectivity index (χ3v) is 5.03. The van der Waals surface area contributed by atoms with Crippen molar-refractivity contribution in [2.75, 3.05) is 20.8 Å². The molecule has 3 rings (SSSR count). The molecule has 0 aromatic heterocycles. The van der Waals surface area contributed by atoms with E-state index in [0.717, 1.165) is 10.5 Å². The zero-order valence-corrected chi connectivity index (χ0v) is 17.1. The van der Waals surface area contributed by atoms with Crippen LogP contribution in [0.25, 0.3) is 6.08 Å². The van der Waals surface area contributed by atoms with E-state index < -0.39 is 11.8 Å². The Hall–Kier alpha value is -3.85. The second kappa shape index (κ2) is 9.10. The van der Waals surface area contributed by atoms with Crippen LogP contribution in [0.2, 0.25) is 0 Å². The first-order valence-corrected chi connectivity index (χ1v) is 9.45. The first kappa shape index (κ1) is 20.9. The Morgan fingerprint density at radius 1 is 1.03 bits per heavy atom. The molecule has 2 amide bonds. The number of imide groups is 1. The molecule has 0 saturated carbocycles. The van der Waals surface area contributed by atoms with Gasteiger partial charge in [-0.25, -0.2) is 0 Å². The van der Waals surface area contributed by atoms with Crippen molar-refractivity contribution in [3.8, 4) is 17.6 Å². The number of carbonyl (C=O) groups excluding carboxylic acids is 2. The van der Waals surface area contributed by atoms with Gasteiger partial charge in [0, 0.05) is 23.7 Å². The number of rotatable bonds is 6. The van der Waals surface area contributed by atoms with Gasteiger partial charge in [0.05, 0.1) is 14.2 Å². The lowest BCUT2D eigenvalue weighted by Gasteiger charge is -2.27. The predicted octanol–water partition coefficient (Wildman–Crippen LogP) is 3.54. The highest BCUT2D eigenvalue weighted by Crippen LogP contribution is 2.31. The quantitative estimate of drug-likeness (QED) is 0.545. The lowest BCUT2D eigenvalue weighted by molar-refractivity contribution is -0.140. The lowest BCUT2D eigenvalue weighted by atomic mass is 9.93. The number of hydrogen-bond donors (Lipinski definition) is 0. The molecular formula is C24H22N2O4. The van der Waals surface area contributed by atoms with Gasteiger partial charge in [-0.15, -0.1) is 0 Å². The van der Waals surface area contributed by atoms with Crippen LogP contribution >= 0.6 is 0 Å². The van der Waals surface area contributed by atoms with Gasteiger partial charge in [-0.1, -0.05) is 30.3 Å². The minimum absolute atomic E-state index is 0.0265. The molecule has 0 fully saturated rings. The van der Waals surface area contributed by atoms with Crippen LogP contribution in [0.15, 0.2) is 65.3 Å². The van der Waals surface area contributed by atoms with Crippen LogP contribution in [0.1, 0.15) is 18.1 Å². The van der Waals surface area contributed by atoms with E-state index in [0.29, 0.717) is 34.6 Å². The Balaban J connectivity index is 2.00. The number of nitrogens with zero attached hydrogens (tertiary/aromatic N) is 2. The first-order valence-electron chi connectivity index (χ1n) is 9.45. The number of carbonyl (C=O) groups is 2. The summed E-state index contributed by atoms with van der Waals surface area (Å²) in [6.07, 6.45) is 2.16. The molecule has 30 heavy (non-hydrogen) atoms. The van der Waals surface area contributed by atoms with Gasteiger partial charge in [-0.05, 0) is 42.7 Å². The fourth-order valence-electron chi connectivity index (χ4n) is 3.31. The summed E-state index contributed by atoms with van der Waals surface area (Å²) in [7, 11) is 3.08. The summed E-state index contributed by atoms with van der Waals surface area (Å²) in [5.41, 5.74) is 2.28. The van der Waals surface area contributed by atoms with Crippen LogP contribution in [0.4, 0.5) is 0 Å². The summed E-state index contributed by atoms with van der Waals surface area (Å²) in [6.45, 7) is 1.81.